The molecule has 1 saturated carbocycles. The van der Waals surface area contributed by atoms with Gasteiger partial charge in [-0.1, -0.05) is 24.4 Å². The molecule has 0 spiro atoms. The van der Waals surface area contributed by atoms with E-state index in [4.69, 9.17) is 10.3 Å². The molecular formula is C10H20N2O2. The van der Waals surface area contributed by atoms with Crippen molar-refractivity contribution >= 4 is 5.71 Å². The predicted molar refractivity (Wildman–Crippen MR) is 55.8 cm³/mol. The van der Waals surface area contributed by atoms with Crippen molar-refractivity contribution in [2.45, 2.75) is 44.6 Å². The van der Waals surface area contributed by atoms with E-state index in [0.717, 1.165) is 25.0 Å². The van der Waals surface area contributed by atoms with Gasteiger partial charge in [0.15, 0.2) is 0 Å². The fraction of sp³-hybridized carbons (Fsp3) is 0.900. The van der Waals surface area contributed by atoms with E-state index >= 15 is 0 Å². The number of oxime groups is 1. The van der Waals surface area contributed by atoms with Crippen LogP contribution in [0.2, 0.25) is 0 Å². The first-order chi connectivity index (χ1) is 6.88. The minimum atomic E-state index is 0.134. The van der Waals surface area contributed by atoms with Crippen LogP contribution in [0.15, 0.2) is 5.16 Å². The Morgan fingerprint density at radius 2 is 2.07 bits per heavy atom. The van der Waals surface area contributed by atoms with E-state index in [9.17, 15) is 0 Å². The number of nitrogens with zero attached hydrogens (tertiary/aromatic N) is 1. The molecule has 0 aliphatic heterocycles. The Labute approximate surface area is 85.0 Å². The van der Waals surface area contributed by atoms with Crippen molar-refractivity contribution < 1.29 is 10.3 Å². The van der Waals surface area contributed by atoms with Crippen LogP contribution in [-0.2, 0) is 0 Å². The quantitative estimate of drug-likeness (QED) is 0.472. The van der Waals surface area contributed by atoms with E-state index in [-0.39, 0.29) is 12.6 Å². The Balaban J connectivity index is 2.46. The lowest BCUT2D eigenvalue weighted by Gasteiger charge is -2.21. The summed E-state index contributed by atoms with van der Waals surface area (Å²) in [7, 11) is 0. The van der Waals surface area contributed by atoms with E-state index in [1.807, 2.05) is 0 Å². The number of hydrogen-bond acceptors (Lipinski definition) is 4. The standard InChI is InChI=1S/C10H20N2O2/c13-8-7-11-9-5-3-1-2-4-6-10(9)12-14/h9,11,13-14H,1-8H2/b12-10-. The third-order valence-corrected chi connectivity index (χ3v) is 2.71. The molecule has 0 aromatic carbocycles. The topological polar surface area (TPSA) is 64.8 Å². The molecule has 0 aromatic heterocycles. The molecule has 0 bridgehead atoms. The Hall–Kier alpha value is -0.610. The number of aliphatic hydroxyl groups is 1. The van der Waals surface area contributed by atoms with Crippen LogP contribution in [0, 0.1) is 0 Å². The average Bonchev–Trinajstić information content (AvgIpc) is 2.17. The molecule has 1 aliphatic rings. The normalized spacial score (nSPS) is 27.2. The average molecular weight is 200 g/mol. The molecule has 4 nitrogen and oxygen atoms in total. The SMILES string of the molecule is OCCNC1CCCCCC/C1=N/O. The Bertz CT molecular complexity index is 181. The maximum absolute atomic E-state index is 8.86. The van der Waals surface area contributed by atoms with Crippen molar-refractivity contribution in [3.8, 4) is 0 Å². The van der Waals surface area contributed by atoms with Gasteiger partial charge in [0.2, 0.25) is 0 Å². The third kappa shape index (κ3) is 3.64. The number of hydrogen-bond donors (Lipinski definition) is 3. The summed E-state index contributed by atoms with van der Waals surface area (Å²) in [5, 5.41) is 24.1. The second-order valence-electron chi connectivity index (χ2n) is 3.77. The van der Waals surface area contributed by atoms with Crippen LogP contribution in [0.1, 0.15) is 38.5 Å². The molecule has 1 unspecified atom stereocenters. The van der Waals surface area contributed by atoms with E-state index in [1.54, 1.807) is 0 Å². The van der Waals surface area contributed by atoms with E-state index < -0.39 is 0 Å². The molecule has 1 fully saturated rings. The molecule has 4 heteroatoms. The lowest BCUT2D eigenvalue weighted by atomic mass is 9.95. The highest BCUT2D eigenvalue weighted by Crippen LogP contribution is 2.15. The maximum Gasteiger partial charge on any atom is 0.0739 e. The first-order valence-electron chi connectivity index (χ1n) is 5.43. The zero-order valence-electron chi connectivity index (χ0n) is 8.58. The van der Waals surface area contributed by atoms with Gasteiger partial charge in [-0.15, -0.1) is 0 Å². The van der Waals surface area contributed by atoms with Crippen LogP contribution >= 0.6 is 0 Å². The van der Waals surface area contributed by atoms with Gasteiger partial charge in [-0.2, -0.15) is 0 Å². The summed E-state index contributed by atoms with van der Waals surface area (Å²) in [4.78, 5) is 0. The predicted octanol–water partition coefficient (Wildman–Crippen LogP) is 1.12. The number of nitrogens with one attached hydrogen (secondary N) is 1. The molecule has 0 radical (unpaired) electrons. The zero-order chi connectivity index (χ0) is 10.2. The van der Waals surface area contributed by atoms with Crippen molar-refractivity contribution in [1.29, 1.82) is 0 Å². The van der Waals surface area contributed by atoms with Gasteiger partial charge in [-0.3, -0.25) is 0 Å². The summed E-state index contributed by atoms with van der Waals surface area (Å²) in [6.45, 7) is 0.707. The van der Waals surface area contributed by atoms with E-state index in [2.05, 4.69) is 10.5 Å². The zero-order valence-corrected chi connectivity index (χ0v) is 8.58. The largest absolute Gasteiger partial charge is 0.411 e. The van der Waals surface area contributed by atoms with Crippen molar-refractivity contribution in [3.63, 3.8) is 0 Å². The van der Waals surface area contributed by atoms with Gasteiger partial charge in [0.25, 0.3) is 0 Å². The first-order valence-corrected chi connectivity index (χ1v) is 5.43. The van der Waals surface area contributed by atoms with Gasteiger partial charge in [0.1, 0.15) is 0 Å². The van der Waals surface area contributed by atoms with Gasteiger partial charge in [0.05, 0.1) is 12.3 Å². The molecule has 3 N–H and O–H groups in total. The van der Waals surface area contributed by atoms with Crippen LogP contribution in [0.4, 0.5) is 0 Å². The summed E-state index contributed by atoms with van der Waals surface area (Å²) >= 11 is 0. The van der Waals surface area contributed by atoms with Gasteiger partial charge >= 0.3 is 0 Å². The lowest BCUT2D eigenvalue weighted by Crippen LogP contribution is -2.39. The van der Waals surface area contributed by atoms with E-state index in [0.29, 0.717) is 6.54 Å². The van der Waals surface area contributed by atoms with Crippen LogP contribution in [0.5, 0.6) is 0 Å². The first kappa shape index (κ1) is 11.5. The smallest absolute Gasteiger partial charge is 0.0739 e. The molecule has 82 valence electrons. The highest BCUT2D eigenvalue weighted by atomic mass is 16.4. The van der Waals surface area contributed by atoms with Crippen molar-refractivity contribution in [3.05, 3.63) is 0 Å². The van der Waals surface area contributed by atoms with E-state index in [1.165, 1.54) is 19.3 Å². The monoisotopic (exact) mass is 200 g/mol. The Morgan fingerprint density at radius 1 is 1.29 bits per heavy atom. The van der Waals surface area contributed by atoms with Crippen LogP contribution in [-0.4, -0.2) is 35.2 Å². The molecular weight excluding hydrogens is 180 g/mol. The molecule has 1 atom stereocenters. The summed E-state index contributed by atoms with van der Waals surface area (Å²) in [5.41, 5.74) is 0.846. The molecule has 1 rings (SSSR count). The van der Waals surface area contributed by atoms with Gasteiger partial charge in [-0.25, -0.2) is 0 Å². The fourth-order valence-corrected chi connectivity index (χ4v) is 1.93. The molecule has 14 heavy (non-hydrogen) atoms. The highest BCUT2D eigenvalue weighted by Gasteiger charge is 2.17. The van der Waals surface area contributed by atoms with Crippen LogP contribution < -0.4 is 5.32 Å². The van der Waals surface area contributed by atoms with Crippen LogP contribution in [0.3, 0.4) is 0 Å². The summed E-state index contributed by atoms with van der Waals surface area (Å²) in [6.07, 6.45) is 6.65. The van der Waals surface area contributed by atoms with Crippen molar-refractivity contribution in [1.82, 2.24) is 5.32 Å². The second-order valence-corrected chi connectivity index (χ2v) is 3.77. The molecule has 1 aliphatic carbocycles. The summed E-state index contributed by atoms with van der Waals surface area (Å²) in [5.74, 6) is 0. The minimum Gasteiger partial charge on any atom is -0.411 e. The summed E-state index contributed by atoms with van der Waals surface area (Å²) < 4.78 is 0. The molecule has 0 saturated heterocycles. The van der Waals surface area contributed by atoms with Gasteiger partial charge in [0, 0.05) is 12.6 Å². The number of aliphatic hydroxyl groups excluding tert-OH is 1. The van der Waals surface area contributed by atoms with Gasteiger partial charge < -0.3 is 15.6 Å². The summed E-state index contributed by atoms with van der Waals surface area (Å²) in [6, 6.07) is 0.160. The Kier molecular flexibility index (Phi) is 5.56. The lowest BCUT2D eigenvalue weighted by molar-refractivity contribution is 0.283. The second kappa shape index (κ2) is 6.79. The van der Waals surface area contributed by atoms with Crippen molar-refractivity contribution in [2.75, 3.05) is 13.2 Å². The highest BCUT2D eigenvalue weighted by molar-refractivity contribution is 5.89. The number of rotatable bonds is 3. The van der Waals surface area contributed by atoms with Crippen LogP contribution in [0.25, 0.3) is 0 Å². The molecule has 0 amide bonds. The fourth-order valence-electron chi connectivity index (χ4n) is 1.93. The Morgan fingerprint density at radius 3 is 2.79 bits per heavy atom. The third-order valence-electron chi connectivity index (χ3n) is 2.71. The van der Waals surface area contributed by atoms with Gasteiger partial charge in [-0.05, 0) is 19.3 Å². The minimum absolute atomic E-state index is 0.134. The molecule has 0 heterocycles. The molecule has 0 aromatic rings. The maximum atomic E-state index is 8.86. The van der Waals surface area contributed by atoms with Crippen molar-refractivity contribution in [2.24, 2.45) is 5.16 Å².